The average Bonchev–Trinajstić information content (AvgIpc) is 2.19. The summed E-state index contributed by atoms with van der Waals surface area (Å²) in [5.41, 5.74) is 1.48. The Morgan fingerprint density at radius 3 is 2.64 bits per heavy atom. The molecule has 1 aliphatic rings. The van der Waals surface area contributed by atoms with Gasteiger partial charge in [0.1, 0.15) is 0 Å². The SMILES string of the molecule is CCCCC=C1CCC(C(=O)O)CC1. The second kappa shape index (κ2) is 5.84. The molecule has 1 rings (SSSR count). The van der Waals surface area contributed by atoms with Crippen LogP contribution in [0.25, 0.3) is 0 Å². The highest BCUT2D eigenvalue weighted by atomic mass is 16.4. The first-order valence-electron chi connectivity index (χ1n) is 5.64. The van der Waals surface area contributed by atoms with Gasteiger partial charge in [-0.1, -0.05) is 31.4 Å². The Labute approximate surface area is 86.0 Å². The lowest BCUT2D eigenvalue weighted by Gasteiger charge is -2.20. The molecule has 0 radical (unpaired) electrons. The summed E-state index contributed by atoms with van der Waals surface area (Å²) in [6.07, 6.45) is 9.67. The minimum Gasteiger partial charge on any atom is -0.481 e. The van der Waals surface area contributed by atoms with Crippen molar-refractivity contribution in [3.8, 4) is 0 Å². The number of rotatable bonds is 4. The molecule has 0 aromatic rings. The van der Waals surface area contributed by atoms with Crippen molar-refractivity contribution in [2.45, 2.75) is 51.9 Å². The van der Waals surface area contributed by atoms with Crippen LogP contribution in [-0.2, 0) is 4.79 Å². The molecule has 1 fully saturated rings. The molecule has 14 heavy (non-hydrogen) atoms. The van der Waals surface area contributed by atoms with E-state index in [1.807, 2.05) is 0 Å². The predicted molar refractivity (Wildman–Crippen MR) is 57.2 cm³/mol. The van der Waals surface area contributed by atoms with Crippen LogP contribution in [-0.4, -0.2) is 11.1 Å². The largest absolute Gasteiger partial charge is 0.481 e. The van der Waals surface area contributed by atoms with Crippen molar-refractivity contribution in [2.24, 2.45) is 5.92 Å². The van der Waals surface area contributed by atoms with Crippen molar-refractivity contribution in [3.63, 3.8) is 0 Å². The third-order valence-electron chi connectivity index (χ3n) is 2.97. The highest BCUT2D eigenvalue weighted by molar-refractivity contribution is 5.70. The molecule has 0 amide bonds. The van der Waals surface area contributed by atoms with Crippen molar-refractivity contribution >= 4 is 5.97 Å². The summed E-state index contributed by atoms with van der Waals surface area (Å²) >= 11 is 0. The van der Waals surface area contributed by atoms with Gasteiger partial charge in [-0.15, -0.1) is 0 Å². The first-order chi connectivity index (χ1) is 6.74. The summed E-state index contributed by atoms with van der Waals surface area (Å²) in [7, 11) is 0. The van der Waals surface area contributed by atoms with Gasteiger partial charge in [-0.3, -0.25) is 4.79 Å². The lowest BCUT2D eigenvalue weighted by Crippen LogP contribution is -2.17. The summed E-state index contributed by atoms with van der Waals surface area (Å²) in [5.74, 6) is -0.698. The average molecular weight is 196 g/mol. The van der Waals surface area contributed by atoms with Gasteiger partial charge in [0.05, 0.1) is 5.92 Å². The quantitative estimate of drug-likeness (QED) is 0.553. The molecular weight excluding hydrogens is 176 g/mol. The molecule has 0 atom stereocenters. The monoisotopic (exact) mass is 196 g/mol. The van der Waals surface area contributed by atoms with E-state index >= 15 is 0 Å². The molecular formula is C12H20O2. The van der Waals surface area contributed by atoms with E-state index < -0.39 is 5.97 Å². The number of aliphatic carboxylic acids is 1. The van der Waals surface area contributed by atoms with Crippen molar-refractivity contribution < 1.29 is 9.90 Å². The number of allylic oxidation sites excluding steroid dienone is 2. The number of unbranched alkanes of at least 4 members (excludes halogenated alkanes) is 2. The van der Waals surface area contributed by atoms with Gasteiger partial charge in [0, 0.05) is 0 Å². The molecule has 0 aromatic carbocycles. The zero-order valence-corrected chi connectivity index (χ0v) is 8.96. The number of hydrogen-bond donors (Lipinski definition) is 1. The Bertz CT molecular complexity index is 208. The fourth-order valence-corrected chi connectivity index (χ4v) is 1.95. The van der Waals surface area contributed by atoms with E-state index in [1.54, 1.807) is 0 Å². The number of carboxylic acid groups (broad SMARTS) is 1. The summed E-state index contributed by atoms with van der Waals surface area (Å²) in [6.45, 7) is 2.19. The molecule has 0 spiro atoms. The van der Waals surface area contributed by atoms with Crippen LogP contribution in [0.2, 0.25) is 0 Å². The van der Waals surface area contributed by atoms with Crippen molar-refractivity contribution in [1.82, 2.24) is 0 Å². The number of hydrogen-bond acceptors (Lipinski definition) is 1. The molecule has 0 aliphatic heterocycles. The van der Waals surface area contributed by atoms with Gasteiger partial charge in [0.25, 0.3) is 0 Å². The normalized spacial score (nSPS) is 22.1. The van der Waals surface area contributed by atoms with Crippen LogP contribution in [0, 0.1) is 5.92 Å². The van der Waals surface area contributed by atoms with E-state index in [9.17, 15) is 4.79 Å². The van der Waals surface area contributed by atoms with Gasteiger partial charge in [0.15, 0.2) is 0 Å². The molecule has 0 unspecified atom stereocenters. The molecule has 2 nitrogen and oxygen atoms in total. The molecule has 80 valence electrons. The Morgan fingerprint density at radius 2 is 2.14 bits per heavy atom. The maximum Gasteiger partial charge on any atom is 0.306 e. The smallest absolute Gasteiger partial charge is 0.306 e. The third-order valence-corrected chi connectivity index (χ3v) is 2.97. The van der Waals surface area contributed by atoms with Crippen LogP contribution in [0.4, 0.5) is 0 Å². The topological polar surface area (TPSA) is 37.3 Å². The lowest BCUT2D eigenvalue weighted by atomic mass is 9.85. The Balaban J connectivity index is 2.28. The Morgan fingerprint density at radius 1 is 1.50 bits per heavy atom. The minimum absolute atomic E-state index is 0.0849. The van der Waals surface area contributed by atoms with Crippen LogP contribution in [0.5, 0.6) is 0 Å². The van der Waals surface area contributed by atoms with Gasteiger partial charge in [-0.25, -0.2) is 0 Å². The van der Waals surface area contributed by atoms with Crippen molar-refractivity contribution in [2.75, 3.05) is 0 Å². The molecule has 0 heterocycles. The zero-order chi connectivity index (χ0) is 10.4. The molecule has 2 heteroatoms. The van der Waals surface area contributed by atoms with Crippen molar-refractivity contribution in [3.05, 3.63) is 11.6 Å². The Hall–Kier alpha value is -0.790. The van der Waals surface area contributed by atoms with E-state index in [0.29, 0.717) is 0 Å². The van der Waals surface area contributed by atoms with Crippen LogP contribution in [0.3, 0.4) is 0 Å². The molecule has 0 aromatic heterocycles. The molecule has 1 N–H and O–H groups in total. The summed E-state index contributed by atoms with van der Waals surface area (Å²) in [5, 5.41) is 8.82. The molecule has 0 saturated heterocycles. The first kappa shape index (κ1) is 11.3. The lowest BCUT2D eigenvalue weighted by molar-refractivity contribution is -0.142. The zero-order valence-electron chi connectivity index (χ0n) is 8.96. The maximum absolute atomic E-state index is 10.7. The van der Waals surface area contributed by atoms with Crippen LogP contribution in [0.15, 0.2) is 11.6 Å². The highest BCUT2D eigenvalue weighted by Crippen LogP contribution is 2.28. The number of carbonyl (C=O) groups is 1. The Kier molecular flexibility index (Phi) is 4.71. The van der Waals surface area contributed by atoms with Gasteiger partial charge < -0.3 is 5.11 Å². The highest BCUT2D eigenvalue weighted by Gasteiger charge is 2.21. The maximum atomic E-state index is 10.7. The van der Waals surface area contributed by atoms with E-state index in [-0.39, 0.29) is 5.92 Å². The predicted octanol–water partition coefficient (Wildman–Crippen LogP) is 3.38. The van der Waals surface area contributed by atoms with Crippen LogP contribution >= 0.6 is 0 Å². The molecule has 1 saturated carbocycles. The second-order valence-corrected chi connectivity index (χ2v) is 4.12. The van der Waals surface area contributed by atoms with Crippen molar-refractivity contribution in [1.29, 1.82) is 0 Å². The van der Waals surface area contributed by atoms with Gasteiger partial charge in [-0.05, 0) is 32.1 Å². The third kappa shape index (κ3) is 3.52. The van der Waals surface area contributed by atoms with E-state index in [2.05, 4.69) is 13.0 Å². The summed E-state index contributed by atoms with van der Waals surface area (Å²) < 4.78 is 0. The molecule has 1 aliphatic carbocycles. The van der Waals surface area contributed by atoms with E-state index in [1.165, 1.54) is 24.8 Å². The molecule has 0 bridgehead atoms. The van der Waals surface area contributed by atoms with Crippen LogP contribution in [0.1, 0.15) is 51.9 Å². The fraction of sp³-hybridized carbons (Fsp3) is 0.750. The fourth-order valence-electron chi connectivity index (χ4n) is 1.95. The van der Waals surface area contributed by atoms with Gasteiger partial charge in [0.2, 0.25) is 0 Å². The van der Waals surface area contributed by atoms with Gasteiger partial charge in [-0.2, -0.15) is 0 Å². The van der Waals surface area contributed by atoms with E-state index in [0.717, 1.165) is 25.7 Å². The minimum atomic E-state index is -0.613. The van der Waals surface area contributed by atoms with Gasteiger partial charge >= 0.3 is 5.97 Å². The summed E-state index contributed by atoms with van der Waals surface area (Å²) in [4.78, 5) is 10.7. The second-order valence-electron chi connectivity index (χ2n) is 4.12. The number of carboxylic acids is 1. The first-order valence-corrected chi connectivity index (χ1v) is 5.64. The summed E-state index contributed by atoms with van der Waals surface area (Å²) in [6, 6.07) is 0. The van der Waals surface area contributed by atoms with E-state index in [4.69, 9.17) is 5.11 Å². The standard InChI is InChI=1S/C12H20O2/c1-2-3-4-5-10-6-8-11(9-7-10)12(13)14/h5,11H,2-4,6-9H2,1H3,(H,13,14). The van der Waals surface area contributed by atoms with Crippen LogP contribution < -0.4 is 0 Å².